The smallest absolute Gasteiger partial charge is 0.306 e. The lowest BCUT2D eigenvalue weighted by molar-refractivity contribution is -0.167. The molecule has 0 N–H and O–H groups in total. The van der Waals surface area contributed by atoms with E-state index in [1.54, 1.807) is 0 Å². The highest BCUT2D eigenvalue weighted by molar-refractivity contribution is 5.71. The number of carbonyl (C=O) groups excluding carboxylic acids is 3. The van der Waals surface area contributed by atoms with E-state index in [0.717, 1.165) is 128 Å². The molecular weight excluding hydrogens is 793 g/mol. The van der Waals surface area contributed by atoms with E-state index >= 15 is 0 Å². The molecule has 364 valence electrons. The molecule has 0 fully saturated rings. The van der Waals surface area contributed by atoms with Gasteiger partial charge in [0.15, 0.2) is 6.10 Å². The van der Waals surface area contributed by atoms with Crippen molar-refractivity contribution in [3.05, 3.63) is 97.2 Å². The van der Waals surface area contributed by atoms with Crippen LogP contribution >= 0.6 is 0 Å². The van der Waals surface area contributed by atoms with Crippen LogP contribution in [0.1, 0.15) is 233 Å². The summed E-state index contributed by atoms with van der Waals surface area (Å²) in [5.41, 5.74) is 0. The second-order valence-corrected chi connectivity index (χ2v) is 17.1. The van der Waals surface area contributed by atoms with E-state index in [0.29, 0.717) is 19.3 Å². The predicted octanol–water partition coefficient (Wildman–Crippen LogP) is 17.4. The first kappa shape index (κ1) is 60.3. The molecule has 0 aromatic heterocycles. The molecule has 0 amide bonds. The number of allylic oxidation sites excluding steroid dienone is 16. The van der Waals surface area contributed by atoms with Gasteiger partial charge in [-0.2, -0.15) is 0 Å². The summed E-state index contributed by atoms with van der Waals surface area (Å²) in [4.78, 5) is 38.0. The summed E-state index contributed by atoms with van der Waals surface area (Å²) in [6, 6.07) is 0. The highest BCUT2D eigenvalue weighted by Gasteiger charge is 2.19. The molecule has 6 heteroatoms. The van der Waals surface area contributed by atoms with Crippen LogP contribution in [0.5, 0.6) is 0 Å². The Morgan fingerprint density at radius 3 is 1.11 bits per heavy atom. The summed E-state index contributed by atoms with van der Waals surface area (Å²) in [5, 5.41) is 0. The molecule has 0 radical (unpaired) electrons. The van der Waals surface area contributed by atoms with Gasteiger partial charge in [0.1, 0.15) is 13.2 Å². The Morgan fingerprint density at radius 2 is 0.672 bits per heavy atom. The zero-order chi connectivity index (χ0) is 46.5. The Kier molecular flexibility index (Phi) is 49.0. The second kappa shape index (κ2) is 52.0. The van der Waals surface area contributed by atoms with Crippen molar-refractivity contribution in [3.8, 4) is 0 Å². The van der Waals surface area contributed by atoms with E-state index in [1.807, 2.05) is 0 Å². The summed E-state index contributed by atoms with van der Waals surface area (Å²) in [6.07, 6.45) is 68.1. The molecule has 0 aliphatic carbocycles. The number of hydrogen-bond acceptors (Lipinski definition) is 6. The molecule has 6 nitrogen and oxygen atoms in total. The van der Waals surface area contributed by atoms with E-state index in [4.69, 9.17) is 14.2 Å². The van der Waals surface area contributed by atoms with Gasteiger partial charge in [0.25, 0.3) is 0 Å². The maximum Gasteiger partial charge on any atom is 0.306 e. The van der Waals surface area contributed by atoms with Gasteiger partial charge in [0.2, 0.25) is 0 Å². The lowest BCUT2D eigenvalue weighted by Crippen LogP contribution is -2.30. The molecule has 0 aromatic rings. The molecule has 0 saturated heterocycles. The van der Waals surface area contributed by atoms with Crippen LogP contribution in [0.15, 0.2) is 97.2 Å². The van der Waals surface area contributed by atoms with Gasteiger partial charge in [-0.15, -0.1) is 0 Å². The molecule has 0 aliphatic heterocycles. The summed E-state index contributed by atoms with van der Waals surface area (Å²) in [6.45, 7) is 6.42. The van der Waals surface area contributed by atoms with E-state index in [9.17, 15) is 14.4 Å². The maximum absolute atomic E-state index is 12.8. The monoisotopic (exact) mass is 889 g/mol. The van der Waals surface area contributed by atoms with E-state index in [-0.39, 0.29) is 31.1 Å². The Bertz CT molecular complexity index is 1300. The van der Waals surface area contributed by atoms with Crippen LogP contribution in [0.4, 0.5) is 0 Å². The third-order valence-electron chi connectivity index (χ3n) is 10.9. The Balaban J connectivity index is 4.47. The van der Waals surface area contributed by atoms with Gasteiger partial charge >= 0.3 is 17.9 Å². The second-order valence-electron chi connectivity index (χ2n) is 17.1. The molecule has 0 saturated carbocycles. The van der Waals surface area contributed by atoms with Crippen molar-refractivity contribution in [2.24, 2.45) is 0 Å². The van der Waals surface area contributed by atoms with Gasteiger partial charge in [-0.05, 0) is 103 Å². The van der Waals surface area contributed by atoms with Crippen molar-refractivity contribution in [1.82, 2.24) is 0 Å². The Hall–Kier alpha value is -3.67. The van der Waals surface area contributed by atoms with Crippen LogP contribution in [0.3, 0.4) is 0 Å². The molecule has 64 heavy (non-hydrogen) atoms. The van der Waals surface area contributed by atoms with Gasteiger partial charge in [0.05, 0.1) is 0 Å². The molecule has 0 bridgehead atoms. The van der Waals surface area contributed by atoms with Crippen LogP contribution in [-0.4, -0.2) is 37.2 Å². The average molecular weight is 889 g/mol. The molecule has 0 aromatic carbocycles. The first-order valence-corrected chi connectivity index (χ1v) is 26.3. The van der Waals surface area contributed by atoms with Crippen molar-refractivity contribution < 1.29 is 28.6 Å². The zero-order valence-corrected chi connectivity index (χ0v) is 41.5. The number of ether oxygens (including phenoxy) is 3. The van der Waals surface area contributed by atoms with Gasteiger partial charge in [-0.25, -0.2) is 0 Å². The van der Waals surface area contributed by atoms with Crippen molar-refractivity contribution >= 4 is 17.9 Å². The minimum absolute atomic E-state index is 0.0963. The predicted molar refractivity (Wildman–Crippen MR) is 274 cm³/mol. The van der Waals surface area contributed by atoms with E-state index < -0.39 is 6.10 Å². The van der Waals surface area contributed by atoms with Gasteiger partial charge < -0.3 is 14.2 Å². The maximum atomic E-state index is 12.8. The highest BCUT2D eigenvalue weighted by Crippen LogP contribution is 2.13. The van der Waals surface area contributed by atoms with Crippen LogP contribution in [-0.2, 0) is 28.6 Å². The first-order valence-electron chi connectivity index (χ1n) is 26.3. The van der Waals surface area contributed by atoms with Crippen molar-refractivity contribution in [1.29, 1.82) is 0 Å². The SMILES string of the molecule is CC/C=C\C/C=C\C/C=C\CCCCCCCCC(=O)OC(COC(=O)CCCCCCC\C=C/C=C\C=C/C=C\CCCCC)COC(=O)CCCCCCC/C=C\CCCCC. The molecule has 0 spiro atoms. The number of unbranched alkanes of at least 4 members (excludes halogenated alkanes) is 22. The fourth-order valence-electron chi connectivity index (χ4n) is 6.93. The number of rotatable bonds is 46. The third-order valence-corrected chi connectivity index (χ3v) is 10.9. The largest absolute Gasteiger partial charge is 0.462 e. The fourth-order valence-corrected chi connectivity index (χ4v) is 6.93. The van der Waals surface area contributed by atoms with Gasteiger partial charge in [-0.1, -0.05) is 208 Å². The number of carbonyl (C=O) groups is 3. The van der Waals surface area contributed by atoms with E-state index in [1.165, 1.54) is 64.2 Å². The summed E-state index contributed by atoms with van der Waals surface area (Å²) in [5.74, 6) is -0.944. The van der Waals surface area contributed by atoms with Crippen LogP contribution in [0.25, 0.3) is 0 Å². The summed E-state index contributed by atoms with van der Waals surface area (Å²) >= 11 is 0. The summed E-state index contributed by atoms with van der Waals surface area (Å²) < 4.78 is 16.8. The van der Waals surface area contributed by atoms with Crippen LogP contribution < -0.4 is 0 Å². The van der Waals surface area contributed by atoms with Crippen molar-refractivity contribution in [3.63, 3.8) is 0 Å². The Labute approximate surface area is 394 Å². The lowest BCUT2D eigenvalue weighted by atomic mass is 10.1. The minimum atomic E-state index is -0.798. The zero-order valence-electron chi connectivity index (χ0n) is 41.5. The summed E-state index contributed by atoms with van der Waals surface area (Å²) in [7, 11) is 0. The normalized spacial score (nSPS) is 12.9. The molecule has 1 unspecified atom stereocenters. The minimum Gasteiger partial charge on any atom is -0.462 e. The molecule has 1 atom stereocenters. The van der Waals surface area contributed by atoms with Crippen molar-refractivity contribution in [2.45, 2.75) is 239 Å². The average Bonchev–Trinajstić information content (AvgIpc) is 3.29. The first-order chi connectivity index (χ1) is 31.5. The highest BCUT2D eigenvalue weighted by atomic mass is 16.6. The standard InChI is InChI=1S/C58H96O6/c1-4-7-10-13-16-19-22-25-27-29-30-32-33-36-39-42-45-48-51-57(60)63-54-55(53-62-56(59)50-47-44-41-38-35-24-21-18-15-12-9-6-3)64-58(61)52-49-46-43-40-37-34-31-28-26-23-20-17-14-11-8-5-2/h8,11,16-22,25-30,32,55H,4-7,9-10,12-15,23-24,31,33-54H2,1-3H3/b11-8-,19-16-,20-17-,21-18-,25-22-,28-26-,29-27-,32-30-. The molecule has 0 rings (SSSR count). The molecule has 0 heterocycles. The Morgan fingerprint density at radius 1 is 0.344 bits per heavy atom. The van der Waals surface area contributed by atoms with E-state index in [2.05, 4.69) is 118 Å². The van der Waals surface area contributed by atoms with Crippen molar-refractivity contribution in [2.75, 3.05) is 13.2 Å². The topological polar surface area (TPSA) is 78.9 Å². The fraction of sp³-hybridized carbons (Fsp3) is 0.672. The number of esters is 3. The quantitative estimate of drug-likeness (QED) is 0.0199. The van der Waals surface area contributed by atoms with Gasteiger partial charge in [0, 0.05) is 19.3 Å². The third kappa shape index (κ3) is 49.3. The lowest BCUT2D eigenvalue weighted by Gasteiger charge is -2.18. The van der Waals surface area contributed by atoms with Crippen LogP contribution in [0, 0.1) is 0 Å². The number of hydrogen-bond donors (Lipinski definition) is 0. The van der Waals surface area contributed by atoms with Gasteiger partial charge in [-0.3, -0.25) is 14.4 Å². The molecule has 0 aliphatic rings. The van der Waals surface area contributed by atoms with Crippen LogP contribution in [0.2, 0.25) is 0 Å². The molecular formula is C58H96O6.